The van der Waals surface area contributed by atoms with Gasteiger partial charge in [-0.3, -0.25) is 4.79 Å². The highest BCUT2D eigenvalue weighted by Crippen LogP contribution is 2.22. The molecule has 4 aromatic rings. The zero-order valence-corrected chi connectivity index (χ0v) is 12.2. The zero-order valence-electron chi connectivity index (χ0n) is 11.4. The molecule has 0 spiro atoms. The van der Waals surface area contributed by atoms with Crippen LogP contribution < -0.4 is 5.56 Å². The molecule has 108 valence electrons. The molecule has 0 saturated carbocycles. The van der Waals surface area contributed by atoms with E-state index in [1.54, 1.807) is 28.1 Å². The molecule has 4 heterocycles. The molecule has 22 heavy (non-hydrogen) atoms. The number of fused-ring (bicyclic) bond motifs is 1. The van der Waals surface area contributed by atoms with Gasteiger partial charge in [0.05, 0.1) is 4.88 Å². The van der Waals surface area contributed by atoms with E-state index in [1.165, 1.54) is 6.07 Å². The first kappa shape index (κ1) is 12.9. The molecule has 0 aliphatic rings. The SMILES string of the molecule is O=c1ccc(Cc2nnc3ccc(-c4cccs4)nn23)c[nH]1. The monoisotopic (exact) mass is 309 g/mol. The Morgan fingerprint density at radius 1 is 1.14 bits per heavy atom. The van der Waals surface area contributed by atoms with Crippen LogP contribution in [0.4, 0.5) is 0 Å². The quantitative estimate of drug-likeness (QED) is 0.629. The van der Waals surface area contributed by atoms with E-state index in [0.29, 0.717) is 12.1 Å². The van der Waals surface area contributed by atoms with Gasteiger partial charge in [-0.2, -0.15) is 9.61 Å². The highest BCUT2D eigenvalue weighted by molar-refractivity contribution is 7.13. The molecule has 7 heteroatoms. The molecule has 0 atom stereocenters. The Morgan fingerprint density at radius 3 is 2.86 bits per heavy atom. The van der Waals surface area contributed by atoms with Crippen molar-refractivity contribution in [2.24, 2.45) is 0 Å². The minimum atomic E-state index is -0.118. The summed E-state index contributed by atoms with van der Waals surface area (Å²) in [5.74, 6) is 0.737. The van der Waals surface area contributed by atoms with Gasteiger partial charge in [0.15, 0.2) is 11.5 Å². The Hall–Kier alpha value is -2.80. The van der Waals surface area contributed by atoms with Crippen molar-refractivity contribution in [2.75, 3.05) is 0 Å². The number of nitrogens with zero attached hydrogens (tertiary/aromatic N) is 4. The standard InChI is InChI=1S/C15H11N5OS/c21-15-6-3-10(9-16-15)8-14-18-17-13-5-4-11(19-20(13)14)12-2-1-7-22-12/h1-7,9H,8H2,(H,16,21). The zero-order chi connectivity index (χ0) is 14.9. The summed E-state index contributed by atoms with van der Waals surface area (Å²) in [6.45, 7) is 0. The van der Waals surface area contributed by atoms with Crippen LogP contribution in [0.15, 0.2) is 52.8 Å². The number of thiophene rings is 1. The van der Waals surface area contributed by atoms with Gasteiger partial charge in [-0.25, -0.2) is 0 Å². The fourth-order valence-corrected chi connectivity index (χ4v) is 2.93. The summed E-state index contributed by atoms with van der Waals surface area (Å²) in [4.78, 5) is 14.9. The van der Waals surface area contributed by atoms with E-state index in [4.69, 9.17) is 0 Å². The molecular formula is C15H11N5OS. The summed E-state index contributed by atoms with van der Waals surface area (Å²) < 4.78 is 1.75. The lowest BCUT2D eigenvalue weighted by atomic mass is 10.2. The summed E-state index contributed by atoms with van der Waals surface area (Å²) >= 11 is 1.64. The molecule has 0 aromatic carbocycles. The number of aromatic amines is 1. The van der Waals surface area contributed by atoms with Crippen molar-refractivity contribution in [2.45, 2.75) is 6.42 Å². The molecule has 0 amide bonds. The van der Waals surface area contributed by atoms with Gasteiger partial charge in [-0.15, -0.1) is 21.5 Å². The van der Waals surface area contributed by atoms with Gasteiger partial charge in [-0.1, -0.05) is 12.1 Å². The van der Waals surface area contributed by atoms with Crippen LogP contribution in [0.25, 0.3) is 16.2 Å². The molecular weight excluding hydrogens is 298 g/mol. The minimum Gasteiger partial charge on any atom is -0.329 e. The van der Waals surface area contributed by atoms with Crippen LogP contribution in [0.2, 0.25) is 0 Å². The van der Waals surface area contributed by atoms with Crippen molar-refractivity contribution in [3.05, 3.63) is 69.7 Å². The maximum atomic E-state index is 11.1. The second-order valence-electron chi connectivity index (χ2n) is 4.82. The Labute approximate surface area is 129 Å². The van der Waals surface area contributed by atoms with Crippen LogP contribution in [0.5, 0.6) is 0 Å². The highest BCUT2D eigenvalue weighted by atomic mass is 32.1. The van der Waals surface area contributed by atoms with Gasteiger partial charge >= 0.3 is 0 Å². The van der Waals surface area contributed by atoms with Crippen LogP contribution in [0.1, 0.15) is 11.4 Å². The molecule has 0 unspecified atom stereocenters. The van der Waals surface area contributed by atoms with Crippen LogP contribution in [0.3, 0.4) is 0 Å². The normalized spacial score (nSPS) is 11.1. The second-order valence-corrected chi connectivity index (χ2v) is 5.77. The number of aromatic nitrogens is 5. The Kier molecular flexibility index (Phi) is 3.05. The lowest BCUT2D eigenvalue weighted by Gasteiger charge is -2.01. The lowest BCUT2D eigenvalue weighted by Crippen LogP contribution is -2.05. The molecule has 0 radical (unpaired) electrons. The first-order chi connectivity index (χ1) is 10.8. The molecule has 0 bridgehead atoms. The van der Waals surface area contributed by atoms with Gasteiger partial charge in [-0.05, 0) is 29.1 Å². The molecule has 1 N–H and O–H groups in total. The smallest absolute Gasteiger partial charge is 0.247 e. The van der Waals surface area contributed by atoms with E-state index in [-0.39, 0.29) is 5.56 Å². The predicted molar refractivity (Wildman–Crippen MR) is 84.0 cm³/mol. The van der Waals surface area contributed by atoms with Gasteiger partial charge in [0.2, 0.25) is 5.56 Å². The van der Waals surface area contributed by atoms with Crippen molar-refractivity contribution < 1.29 is 0 Å². The summed E-state index contributed by atoms with van der Waals surface area (Å²) in [6, 6.07) is 11.2. The van der Waals surface area contributed by atoms with E-state index in [9.17, 15) is 4.79 Å². The maximum Gasteiger partial charge on any atom is 0.247 e. The summed E-state index contributed by atoms with van der Waals surface area (Å²) in [7, 11) is 0. The summed E-state index contributed by atoms with van der Waals surface area (Å²) in [5, 5.41) is 15.0. The van der Waals surface area contributed by atoms with E-state index in [0.717, 1.165) is 22.0 Å². The molecule has 0 aliphatic carbocycles. The van der Waals surface area contributed by atoms with Crippen LogP contribution >= 0.6 is 11.3 Å². The number of H-pyrrole nitrogens is 1. The van der Waals surface area contributed by atoms with Crippen LogP contribution in [-0.2, 0) is 6.42 Å². The number of nitrogens with one attached hydrogen (secondary N) is 1. The van der Waals surface area contributed by atoms with E-state index in [2.05, 4.69) is 20.3 Å². The van der Waals surface area contributed by atoms with Crippen LogP contribution in [0, 0.1) is 0 Å². The molecule has 0 fully saturated rings. The summed E-state index contributed by atoms with van der Waals surface area (Å²) in [5.41, 5.74) is 2.44. The number of hydrogen-bond donors (Lipinski definition) is 1. The fourth-order valence-electron chi connectivity index (χ4n) is 2.23. The first-order valence-corrected chi connectivity index (χ1v) is 7.60. The second kappa shape index (κ2) is 5.19. The first-order valence-electron chi connectivity index (χ1n) is 6.72. The average molecular weight is 309 g/mol. The Morgan fingerprint density at radius 2 is 2.09 bits per heavy atom. The molecule has 4 rings (SSSR count). The van der Waals surface area contributed by atoms with Crippen molar-refractivity contribution in [3.63, 3.8) is 0 Å². The average Bonchev–Trinajstić information content (AvgIpc) is 3.19. The van der Waals surface area contributed by atoms with Crippen molar-refractivity contribution in [1.82, 2.24) is 24.8 Å². The van der Waals surface area contributed by atoms with Gasteiger partial charge in [0.1, 0.15) is 5.69 Å². The molecule has 6 nitrogen and oxygen atoms in total. The van der Waals surface area contributed by atoms with Gasteiger partial charge in [0, 0.05) is 18.7 Å². The van der Waals surface area contributed by atoms with E-state index in [1.807, 2.05) is 29.6 Å². The van der Waals surface area contributed by atoms with Crippen molar-refractivity contribution >= 4 is 17.0 Å². The van der Waals surface area contributed by atoms with Gasteiger partial charge in [0.25, 0.3) is 0 Å². The third-order valence-electron chi connectivity index (χ3n) is 3.31. The number of rotatable bonds is 3. The number of hydrogen-bond acceptors (Lipinski definition) is 5. The van der Waals surface area contributed by atoms with Crippen molar-refractivity contribution in [3.8, 4) is 10.6 Å². The van der Waals surface area contributed by atoms with Gasteiger partial charge < -0.3 is 4.98 Å². The van der Waals surface area contributed by atoms with Crippen molar-refractivity contribution in [1.29, 1.82) is 0 Å². The Balaban J connectivity index is 1.76. The van der Waals surface area contributed by atoms with E-state index >= 15 is 0 Å². The number of pyridine rings is 1. The maximum absolute atomic E-state index is 11.1. The third-order valence-corrected chi connectivity index (χ3v) is 4.20. The minimum absolute atomic E-state index is 0.118. The van der Waals surface area contributed by atoms with Crippen LogP contribution in [-0.4, -0.2) is 24.8 Å². The Bertz CT molecular complexity index is 966. The predicted octanol–water partition coefficient (Wildman–Crippen LogP) is 2.13. The largest absolute Gasteiger partial charge is 0.329 e. The van der Waals surface area contributed by atoms with E-state index < -0.39 is 0 Å². The molecule has 4 aromatic heterocycles. The third kappa shape index (κ3) is 2.31. The molecule has 0 aliphatic heterocycles. The molecule has 0 saturated heterocycles. The highest BCUT2D eigenvalue weighted by Gasteiger charge is 2.10. The summed E-state index contributed by atoms with van der Waals surface area (Å²) in [6.07, 6.45) is 2.24. The fraction of sp³-hybridized carbons (Fsp3) is 0.0667. The topological polar surface area (TPSA) is 75.9 Å². The lowest BCUT2D eigenvalue weighted by molar-refractivity contribution is 0.840.